The van der Waals surface area contributed by atoms with Crippen molar-refractivity contribution in [3.8, 4) is 0 Å². The quantitative estimate of drug-likeness (QED) is 0.507. The van der Waals surface area contributed by atoms with Crippen molar-refractivity contribution in [2.24, 2.45) is 4.99 Å². The first-order valence-electron chi connectivity index (χ1n) is 7.83. The molecular formula is C14H19N5O5. The van der Waals surface area contributed by atoms with Crippen molar-refractivity contribution >= 4 is 17.6 Å². The molecule has 4 N–H and O–H groups in total. The van der Waals surface area contributed by atoms with E-state index < -0.39 is 30.7 Å². The second kappa shape index (κ2) is 5.52. The molecule has 10 heteroatoms. The lowest BCUT2D eigenvalue weighted by Gasteiger charge is -2.38. The molecule has 0 spiro atoms. The Morgan fingerprint density at radius 2 is 2.25 bits per heavy atom. The van der Waals surface area contributed by atoms with Crippen LogP contribution >= 0.6 is 0 Å². The van der Waals surface area contributed by atoms with Crippen molar-refractivity contribution < 1.29 is 24.9 Å². The summed E-state index contributed by atoms with van der Waals surface area (Å²) < 4.78 is 7.39. The monoisotopic (exact) mass is 337 g/mol. The van der Waals surface area contributed by atoms with Crippen molar-refractivity contribution in [3.05, 3.63) is 12.0 Å². The van der Waals surface area contributed by atoms with E-state index in [0.29, 0.717) is 23.9 Å². The molecule has 0 radical (unpaired) electrons. The molecule has 1 aromatic heterocycles. The number of aliphatic imine (C=N–C) groups is 1. The molecule has 3 aliphatic heterocycles. The summed E-state index contributed by atoms with van der Waals surface area (Å²) in [5, 5.41) is 32.3. The van der Waals surface area contributed by atoms with Gasteiger partial charge in [-0.1, -0.05) is 0 Å². The Labute approximate surface area is 137 Å². The zero-order valence-corrected chi connectivity index (χ0v) is 13.0. The Morgan fingerprint density at radius 1 is 1.46 bits per heavy atom. The number of hydrogen-bond acceptors (Lipinski definition) is 9. The van der Waals surface area contributed by atoms with Gasteiger partial charge in [0.15, 0.2) is 6.23 Å². The van der Waals surface area contributed by atoms with Crippen LogP contribution in [0.25, 0.3) is 0 Å². The molecule has 1 aromatic rings. The van der Waals surface area contributed by atoms with E-state index in [1.165, 1.54) is 4.90 Å². The summed E-state index contributed by atoms with van der Waals surface area (Å²) in [4.78, 5) is 21.9. The number of carbonyl (C=O) groups is 1. The molecule has 3 aliphatic rings. The number of ether oxygens (including phenoxy) is 1. The van der Waals surface area contributed by atoms with Gasteiger partial charge < -0.3 is 30.3 Å². The molecule has 0 unspecified atom stereocenters. The Kier molecular flexibility index (Phi) is 3.57. The van der Waals surface area contributed by atoms with Crippen LogP contribution in [0.15, 0.2) is 11.3 Å². The number of aromatic nitrogens is 2. The van der Waals surface area contributed by atoms with Gasteiger partial charge in [-0.15, -0.1) is 0 Å². The van der Waals surface area contributed by atoms with Gasteiger partial charge in [0.2, 0.25) is 11.7 Å². The summed E-state index contributed by atoms with van der Waals surface area (Å²) in [7, 11) is 0. The van der Waals surface area contributed by atoms with Crippen molar-refractivity contribution in [1.29, 1.82) is 0 Å². The van der Waals surface area contributed by atoms with Gasteiger partial charge in [0, 0.05) is 6.42 Å². The third-order valence-electron chi connectivity index (χ3n) is 4.66. The number of carbonyl (C=O) groups excluding carboxylic acids is 1. The number of nitrogens with one attached hydrogen (secondary N) is 1. The second-order valence-electron chi connectivity index (χ2n) is 6.22. The van der Waals surface area contributed by atoms with Gasteiger partial charge in [-0.25, -0.2) is 9.98 Å². The summed E-state index contributed by atoms with van der Waals surface area (Å²) in [6.45, 7) is 1.62. The highest BCUT2D eigenvalue weighted by molar-refractivity contribution is 6.03. The highest BCUT2D eigenvalue weighted by Gasteiger charge is 2.41. The standard InChI is InChI=1S/C14H19N5O5/c1-6-11(22)13(23)18-3-7-12(17-14(18)16-6)19(5-15-7)10-2-8(21)9(4-20)24-10/h5-6,8-10,13,20-21,23H,2-4H2,1H3,(H,16,17)/t6-,8-,9+,10+,13-/m0/s1. The van der Waals surface area contributed by atoms with Crippen LogP contribution in [-0.2, 0) is 16.1 Å². The number of Topliss-reactive ketones (excluding diaryl/α,β-unsaturated/α-hetero) is 1. The smallest absolute Gasteiger partial charge is 0.206 e. The number of aliphatic hydroxyl groups excluding tert-OH is 3. The maximum absolute atomic E-state index is 11.9. The van der Waals surface area contributed by atoms with Crippen LogP contribution in [0.4, 0.5) is 5.82 Å². The van der Waals surface area contributed by atoms with Crippen molar-refractivity contribution in [1.82, 2.24) is 14.5 Å². The molecular weight excluding hydrogens is 318 g/mol. The normalized spacial score (nSPS) is 35.3. The number of rotatable bonds is 2. The van der Waals surface area contributed by atoms with Crippen LogP contribution in [0.1, 0.15) is 25.3 Å². The molecule has 4 heterocycles. The lowest BCUT2D eigenvalue weighted by Crippen LogP contribution is -2.55. The Balaban J connectivity index is 1.64. The first-order valence-corrected chi connectivity index (χ1v) is 7.83. The number of fused-ring (bicyclic) bond motifs is 2. The van der Waals surface area contributed by atoms with Crippen molar-refractivity contribution in [2.75, 3.05) is 11.9 Å². The van der Waals surface area contributed by atoms with Gasteiger partial charge >= 0.3 is 0 Å². The van der Waals surface area contributed by atoms with E-state index in [4.69, 9.17) is 4.74 Å². The minimum atomic E-state index is -1.25. The van der Waals surface area contributed by atoms with Gasteiger partial charge in [-0.05, 0) is 6.92 Å². The molecule has 10 nitrogen and oxygen atoms in total. The van der Waals surface area contributed by atoms with Crippen molar-refractivity contribution in [3.63, 3.8) is 0 Å². The van der Waals surface area contributed by atoms with Gasteiger partial charge in [0.05, 0.1) is 25.6 Å². The molecule has 0 amide bonds. The third kappa shape index (κ3) is 2.22. The topological polar surface area (TPSA) is 132 Å². The fourth-order valence-electron chi connectivity index (χ4n) is 3.26. The van der Waals surface area contributed by atoms with E-state index in [1.54, 1.807) is 17.8 Å². The van der Waals surface area contributed by atoms with Crippen LogP contribution in [0.5, 0.6) is 0 Å². The highest BCUT2D eigenvalue weighted by Crippen LogP contribution is 2.34. The van der Waals surface area contributed by atoms with Crippen molar-refractivity contribution in [2.45, 2.75) is 50.6 Å². The summed E-state index contributed by atoms with van der Waals surface area (Å²) in [6, 6.07) is -0.625. The number of imidazole rings is 1. The van der Waals surface area contributed by atoms with Crippen LogP contribution in [-0.4, -0.2) is 72.6 Å². The van der Waals surface area contributed by atoms with Crippen LogP contribution < -0.4 is 5.32 Å². The summed E-state index contributed by atoms with van der Waals surface area (Å²) >= 11 is 0. The van der Waals surface area contributed by atoms with Crippen LogP contribution in [0.3, 0.4) is 0 Å². The second-order valence-corrected chi connectivity index (χ2v) is 6.22. The first-order chi connectivity index (χ1) is 11.5. The predicted molar refractivity (Wildman–Crippen MR) is 80.9 cm³/mol. The molecule has 0 aromatic carbocycles. The van der Waals surface area contributed by atoms with Gasteiger partial charge in [0.1, 0.15) is 29.9 Å². The van der Waals surface area contributed by atoms with E-state index >= 15 is 0 Å². The fraction of sp³-hybridized carbons (Fsp3) is 0.643. The molecule has 0 bridgehead atoms. The number of guanidine groups is 1. The Bertz CT molecular complexity index is 704. The third-order valence-corrected chi connectivity index (χ3v) is 4.66. The number of anilines is 1. The number of nitrogens with zero attached hydrogens (tertiary/aromatic N) is 4. The minimum absolute atomic E-state index is 0.243. The summed E-state index contributed by atoms with van der Waals surface area (Å²) in [5.74, 6) is 0.701. The van der Waals surface area contributed by atoms with Crippen LogP contribution in [0.2, 0.25) is 0 Å². The van der Waals surface area contributed by atoms with Gasteiger partial charge in [0.25, 0.3) is 0 Å². The lowest BCUT2D eigenvalue weighted by atomic mass is 10.1. The molecule has 130 valence electrons. The summed E-state index contributed by atoms with van der Waals surface area (Å²) in [6.07, 6.45) is -1.17. The molecule has 24 heavy (non-hydrogen) atoms. The van der Waals surface area contributed by atoms with E-state index in [-0.39, 0.29) is 18.9 Å². The average molecular weight is 337 g/mol. The zero-order valence-electron chi connectivity index (χ0n) is 13.0. The average Bonchev–Trinajstić information content (AvgIpc) is 3.14. The lowest BCUT2D eigenvalue weighted by molar-refractivity contribution is -0.136. The van der Waals surface area contributed by atoms with Crippen LogP contribution in [0, 0.1) is 0 Å². The SMILES string of the molecule is C[C@@H]1N=C2Nc3c(ncn3[C@H]3C[C@H](O)[C@@H](CO)O3)CN2[C@@H](O)C1=O. The Hall–Kier alpha value is -2.01. The molecule has 4 rings (SSSR count). The minimum Gasteiger partial charge on any atom is -0.394 e. The van der Waals surface area contributed by atoms with Gasteiger partial charge in [-0.3, -0.25) is 9.36 Å². The molecule has 5 atom stereocenters. The maximum atomic E-state index is 11.9. The van der Waals surface area contributed by atoms with E-state index in [9.17, 15) is 20.1 Å². The molecule has 1 saturated heterocycles. The Morgan fingerprint density at radius 3 is 2.96 bits per heavy atom. The largest absolute Gasteiger partial charge is 0.394 e. The van der Waals surface area contributed by atoms with E-state index in [0.717, 1.165) is 0 Å². The fourth-order valence-corrected chi connectivity index (χ4v) is 3.26. The summed E-state index contributed by atoms with van der Waals surface area (Å²) in [5.41, 5.74) is 0.640. The molecule has 1 fully saturated rings. The molecule has 0 aliphatic carbocycles. The first kappa shape index (κ1) is 15.5. The molecule has 0 saturated carbocycles. The number of aliphatic hydroxyl groups is 3. The number of ketones is 1. The van der Waals surface area contributed by atoms with E-state index in [2.05, 4.69) is 15.3 Å². The number of hydrogen-bond donors (Lipinski definition) is 4. The van der Waals surface area contributed by atoms with E-state index in [1.807, 2.05) is 0 Å². The van der Waals surface area contributed by atoms with Gasteiger partial charge in [-0.2, -0.15) is 0 Å². The zero-order chi connectivity index (χ0) is 17.0. The maximum Gasteiger partial charge on any atom is 0.206 e. The predicted octanol–water partition coefficient (Wildman–Crippen LogP) is -1.60. The highest BCUT2D eigenvalue weighted by atomic mass is 16.5.